The Labute approximate surface area is 172 Å². The van der Waals surface area contributed by atoms with Crippen molar-refractivity contribution in [2.45, 2.75) is 13.1 Å². The molecule has 2 aromatic carbocycles. The molecule has 1 amide bonds. The maximum Gasteiger partial charge on any atom is 0.330 e. The van der Waals surface area contributed by atoms with Gasteiger partial charge in [-0.05, 0) is 17.7 Å². The molecule has 0 atom stereocenters. The summed E-state index contributed by atoms with van der Waals surface area (Å²) in [6, 6.07) is 15.5. The fourth-order valence-electron chi connectivity index (χ4n) is 3.31. The Morgan fingerprint density at radius 1 is 1.13 bits per heavy atom. The smallest absolute Gasteiger partial charge is 0.330 e. The summed E-state index contributed by atoms with van der Waals surface area (Å²) in [5.41, 5.74) is 2.10. The van der Waals surface area contributed by atoms with Crippen molar-refractivity contribution < 1.29 is 9.18 Å². The van der Waals surface area contributed by atoms with Gasteiger partial charge in [0, 0.05) is 26.2 Å². The first kappa shape index (κ1) is 19.5. The first-order chi connectivity index (χ1) is 14.4. The number of aromatic nitrogens is 4. The molecule has 0 aliphatic rings. The van der Waals surface area contributed by atoms with E-state index >= 15 is 0 Å². The fourth-order valence-corrected chi connectivity index (χ4v) is 3.31. The molecule has 0 fully saturated rings. The molecular weight excluding hydrogens is 385 g/mol. The summed E-state index contributed by atoms with van der Waals surface area (Å²) in [5.74, 6) is -0.128. The lowest BCUT2D eigenvalue weighted by molar-refractivity contribution is -0.131. The van der Waals surface area contributed by atoms with E-state index in [0.29, 0.717) is 22.6 Å². The molecule has 4 aromatic rings. The van der Waals surface area contributed by atoms with Gasteiger partial charge in [-0.15, -0.1) is 0 Å². The van der Waals surface area contributed by atoms with Crippen LogP contribution in [-0.2, 0) is 24.9 Å². The number of likely N-dealkylation sites (N-methyl/N-ethyl adjacent to an activating group) is 1. The molecule has 4 rings (SSSR count). The summed E-state index contributed by atoms with van der Waals surface area (Å²) >= 11 is 0. The van der Waals surface area contributed by atoms with Crippen LogP contribution in [0.15, 0.2) is 65.6 Å². The number of aryl methyl sites for hydroxylation is 1. The lowest BCUT2D eigenvalue weighted by Gasteiger charge is -2.17. The van der Waals surface area contributed by atoms with Crippen molar-refractivity contribution in [2.75, 3.05) is 7.05 Å². The predicted molar refractivity (Wildman–Crippen MR) is 111 cm³/mol. The monoisotopic (exact) mass is 405 g/mol. The SMILES string of the molecule is CN(Cc1cccc(F)c1)C(=O)Cn1c(=O)n(C)c2nc(-c3ccccc3)ncc21. The predicted octanol–water partition coefficient (Wildman–Crippen LogP) is 2.59. The number of rotatable bonds is 5. The number of carbonyl (C=O) groups is 1. The number of fused-ring (bicyclic) bond motifs is 1. The van der Waals surface area contributed by atoms with E-state index in [4.69, 9.17) is 0 Å². The van der Waals surface area contributed by atoms with Crippen LogP contribution < -0.4 is 5.69 Å². The van der Waals surface area contributed by atoms with Gasteiger partial charge in [-0.1, -0.05) is 42.5 Å². The van der Waals surface area contributed by atoms with E-state index in [2.05, 4.69) is 9.97 Å². The normalized spacial score (nSPS) is 11.0. The highest BCUT2D eigenvalue weighted by atomic mass is 19.1. The molecule has 0 spiro atoms. The minimum atomic E-state index is -0.356. The second-order valence-corrected chi connectivity index (χ2v) is 7.08. The molecule has 0 saturated carbocycles. The van der Waals surface area contributed by atoms with Gasteiger partial charge in [-0.25, -0.2) is 19.2 Å². The standard InChI is InChI=1S/C22H20FN5O2/c1-26(13-15-7-6-10-17(23)11-15)19(29)14-28-18-12-24-20(16-8-4-3-5-9-16)25-21(18)27(2)22(28)30/h3-12H,13-14H2,1-2H3. The molecule has 0 unspecified atom stereocenters. The van der Waals surface area contributed by atoms with Gasteiger partial charge in [0.1, 0.15) is 17.9 Å². The Bertz CT molecular complexity index is 1280. The van der Waals surface area contributed by atoms with Crippen molar-refractivity contribution in [1.29, 1.82) is 0 Å². The molecule has 2 heterocycles. The first-order valence-electron chi connectivity index (χ1n) is 9.40. The summed E-state index contributed by atoms with van der Waals surface area (Å²) < 4.78 is 16.1. The molecule has 7 nitrogen and oxygen atoms in total. The van der Waals surface area contributed by atoms with Gasteiger partial charge in [0.05, 0.1) is 6.20 Å². The molecule has 0 radical (unpaired) electrons. The van der Waals surface area contributed by atoms with Gasteiger partial charge in [0.15, 0.2) is 11.5 Å². The van der Waals surface area contributed by atoms with Crippen molar-refractivity contribution in [3.05, 3.63) is 82.7 Å². The van der Waals surface area contributed by atoms with E-state index in [1.54, 1.807) is 32.4 Å². The number of halogens is 1. The zero-order chi connectivity index (χ0) is 21.3. The summed E-state index contributed by atoms with van der Waals surface area (Å²) in [7, 11) is 3.23. The van der Waals surface area contributed by atoms with Gasteiger partial charge >= 0.3 is 5.69 Å². The highest BCUT2D eigenvalue weighted by molar-refractivity contribution is 5.79. The highest BCUT2D eigenvalue weighted by Crippen LogP contribution is 2.17. The Morgan fingerprint density at radius 2 is 1.90 bits per heavy atom. The minimum Gasteiger partial charge on any atom is -0.340 e. The first-order valence-corrected chi connectivity index (χ1v) is 9.40. The Hall–Kier alpha value is -3.81. The van der Waals surface area contributed by atoms with Crippen molar-refractivity contribution in [3.8, 4) is 11.4 Å². The molecule has 0 aliphatic carbocycles. The van der Waals surface area contributed by atoms with Crippen molar-refractivity contribution in [2.24, 2.45) is 7.05 Å². The van der Waals surface area contributed by atoms with Crippen molar-refractivity contribution >= 4 is 17.1 Å². The molecule has 2 aromatic heterocycles. The third-order valence-corrected chi connectivity index (χ3v) is 4.94. The van der Waals surface area contributed by atoms with Gasteiger partial charge in [-0.2, -0.15) is 0 Å². The van der Waals surface area contributed by atoms with Gasteiger partial charge in [-0.3, -0.25) is 13.9 Å². The van der Waals surface area contributed by atoms with Crippen LogP contribution in [0.25, 0.3) is 22.6 Å². The average Bonchev–Trinajstić information content (AvgIpc) is 2.98. The Morgan fingerprint density at radius 3 is 2.63 bits per heavy atom. The van der Waals surface area contributed by atoms with Crippen LogP contribution in [0.2, 0.25) is 0 Å². The van der Waals surface area contributed by atoms with Crippen molar-refractivity contribution in [1.82, 2.24) is 24.0 Å². The quantitative estimate of drug-likeness (QED) is 0.512. The molecule has 152 valence electrons. The van der Waals surface area contributed by atoms with E-state index in [9.17, 15) is 14.0 Å². The summed E-state index contributed by atoms with van der Waals surface area (Å²) in [5, 5.41) is 0. The molecule has 30 heavy (non-hydrogen) atoms. The minimum absolute atomic E-state index is 0.157. The largest absolute Gasteiger partial charge is 0.340 e. The fraction of sp³-hybridized carbons (Fsp3) is 0.182. The number of hydrogen-bond donors (Lipinski definition) is 0. The molecule has 8 heteroatoms. The van der Waals surface area contributed by atoms with Crippen LogP contribution in [0.4, 0.5) is 4.39 Å². The topological polar surface area (TPSA) is 73.0 Å². The van der Waals surface area contributed by atoms with E-state index in [0.717, 1.165) is 5.56 Å². The van der Waals surface area contributed by atoms with E-state index in [1.165, 1.54) is 26.2 Å². The molecule has 0 saturated heterocycles. The highest BCUT2D eigenvalue weighted by Gasteiger charge is 2.18. The average molecular weight is 405 g/mol. The van der Waals surface area contributed by atoms with Gasteiger partial charge < -0.3 is 4.90 Å². The number of benzene rings is 2. The number of nitrogens with zero attached hydrogens (tertiary/aromatic N) is 5. The van der Waals surface area contributed by atoms with E-state index < -0.39 is 0 Å². The van der Waals surface area contributed by atoms with Crippen LogP contribution in [0.5, 0.6) is 0 Å². The summed E-state index contributed by atoms with van der Waals surface area (Å²) in [6.45, 7) is 0.0841. The molecule has 0 aliphatic heterocycles. The zero-order valence-electron chi connectivity index (χ0n) is 16.6. The number of amides is 1. The van der Waals surface area contributed by atoms with Crippen LogP contribution in [0.3, 0.4) is 0 Å². The Balaban J connectivity index is 1.61. The third kappa shape index (κ3) is 3.71. The van der Waals surface area contributed by atoms with Crippen LogP contribution in [0.1, 0.15) is 5.56 Å². The summed E-state index contributed by atoms with van der Waals surface area (Å²) in [4.78, 5) is 35.8. The summed E-state index contributed by atoms with van der Waals surface area (Å²) in [6.07, 6.45) is 1.56. The number of imidazole rings is 1. The zero-order valence-corrected chi connectivity index (χ0v) is 16.6. The number of hydrogen-bond acceptors (Lipinski definition) is 4. The molecule has 0 bridgehead atoms. The maximum absolute atomic E-state index is 13.4. The van der Waals surface area contributed by atoms with Crippen molar-refractivity contribution in [3.63, 3.8) is 0 Å². The number of carbonyl (C=O) groups excluding carboxylic acids is 1. The molecular formula is C22H20FN5O2. The van der Waals surface area contributed by atoms with Crippen LogP contribution in [0, 0.1) is 5.82 Å². The van der Waals surface area contributed by atoms with E-state index in [-0.39, 0.29) is 30.5 Å². The van der Waals surface area contributed by atoms with Gasteiger partial charge in [0.25, 0.3) is 0 Å². The van der Waals surface area contributed by atoms with Crippen LogP contribution in [-0.4, -0.2) is 37.0 Å². The lowest BCUT2D eigenvalue weighted by atomic mass is 10.2. The maximum atomic E-state index is 13.4. The molecule has 0 N–H and O–H groups in total. The van der Waals surface area contributed by atoms with E-state index in [1.807, 2.05) is 30.3 Å². The third-order valence-electron chi connectivity index (χ3n) is 4.94. The second-order valence-electron chi connectivity index (χ2n) is 7.08. The second kappa shape index (κ2) is 7.90. The Kier molecular flexibility index (Phi) is 5.14. The van der Waals surface area contributed by atoms with Crippen LogP contribution >= 0.6 is 0 Å². The lowest BCUT2D eigenvalue weighted by Crippen LogP contribution is -2.33. The van der Waals surface area contributed by atoms with Gasteiger partial charge in [0.2, 0.25) is 5.91 Å².